The molecule has 2 aromatic rings. The van der Waals surface area contributed by atoms with Gasteiger partial charge in [-0.25, -0.2) is 0 Å². The van der Waals surface area contributed by atoms with Crippen LogP contribution in [0.3, 0.4) is 0 Å². The summed E-state index contributed by atoms with van der Waals surface area (Å²) in [7, 11) is 1.87. The monoisotopic (exact) mass is 209 g/mol. The Morgan fingerprint density at radius 3 is 3.07 bits per heavy atom. The van der Waals surface area contributed by atoms with Crippen LogP contribution in [0.2, 0.25) is 0 Å². The Hall–Kier alpha value is -1.43. The molecule has 74 valence electrons. The highest BCUT2D eigenvalue weighted by molar-refractivity contribution is 7.10. The van der Waals surface area contributed by atoms with Crippen molar-refractivity contribution in [1.82, 2.24) is 19.4 Å². The van der Waals surface area contributed by atoms with Crippen molar-refractivity contribution in [2.24, 2.45) is 0 Å². The van der Waals surface area contributed by atoms with Gasteiger partial charge in [-0.3, -0.25) is 4.68 Å². The van der Waals surface area contributed by atoms with E-state index in [2.05, 4.69) is 20.0 Å². The summed E-state index contributed by atoms with van der Waals surface area (Å²) in [6.45, 7) is 2.69. The molecule has 0 unspecified atom stereocenters. The van der Waals surface area contributed by atoms with Gasteiger partial charge >= 0.3 is 0 Å². The average molecular weight is 209 g/mol. The average Bonchev–Trinajstić information content (AvgIpc) is 2.77. The first-order valence-electron chi connectivity index (χ1n) is 4.28. The van der Waals surface area contributed by atoms with Gasteiger partial charge in [0, 0.05) is 30.5 Å². The van der Waals surface area contributed by atoms with Gasteiger partial charge in [0.05, 0.1) is 6.54 Å². The third-order valence-corrected chi connectivity index (χ3v) is 2.80. The Morgan fingerprint density at radius 2 is 2.43 bits per heavy atom. The predicted octanol–water partition coefficient (Wildman–Crippen LogP) is 1.13. The van der Waals surface area contributed by atoms with E-state index < -0.39 is 0 Å². The SMILES string of the molecule is CNc1snnc1Cn1nccc1C. The molecule has 0 bridgehead atoms. The van der Waals surface area contributed by atoms with Gasteiger partial charge in [-0.2, -0.15) is 5.10 Å². The molecule has 0 atom stereocenters. The summed E-state index contributed by atoms with van der Waals surface area (Å²) in [4.78, 5) is 0. The molecule has 2 heterocycles. The molecule has 0 aliphatic rings. The van der Waals surface area contributed by atoms with Crippen LogP contribution in [0.15, 0.2) is 12.3 Å². The molecular formula is C8H11N5S. The molecule has 0 aliphatic heterocycles. The van der Waals surface area contributed by atoms with Crippen molar-refractivity contribution in [2.45, 2.75) is 13.5 Å². The lowest BCUT2D eigenvalue weighted by atomic mass is 10.4. The van der Waals surface area contributed by atoms with Crippen molar-refractivity contribution < 1.29 is 0 Å². The quantitative estimate of drug-likeness (QED) is 0.823. The topological polar surface area (TPSA) is 55.6 Å². The van der Waals surface area contributed by atoms with Crippen LogP contribution < -0.4 is 5.32 Å². The van der Waals surface area contributed by atoms with Gasteiger partial charge in [0.15, 0.2) is 0 Å². The van der Waals surface area contributed by atoms with Crippen LogP contribution >= 0.6 is 11.5 Å². The smallest absolute Gasteiger partial charge is 0.135 e. The molecule has 0 saturated heterocycles. The van der Waals surface area contributed by atoms with E-state index in [0.29, 0.717) is 6.54 Å². The second-order valence-corrected chi connectivity index (χ2v) is 3.68. The van der Waals surface area contributed by atoms with E-state index in [1.54, 1.807) is 6.20 Å². The summed E-state index contributed by atoms with van der Waals surface area (Å²) in [5.74, 6) is 0. The van der Waals surface area contributed by atoms with Gasteiger partial charge in [-0.05, 0) is 13.0 Å². The number of anilines is 1. The van der Waals surface area contributed by atoms with Gasteiger partial charge in [0.1, 0.15) is 10.7 Å². The maximum atomic E-state index is 4.19. The molecule has 6 heteroatoms. The Morgan fingerprint density at radius 1 is 1.57 bits per heavy atom. The van der Waals surface area contributed by atoms with E-state index in [1.807, 2.05) is 24.7 Å². The van der Waals surface area contributed by atoms with Crippen molar-refractivity contribution in [3.63, 3.8) is 0 Å². The van der Waals surface area contributed by atoms with Gasteiger partial charge in [0.25, 0.3) is 0 Å². The normalized spacial score (nSPS) is 10.4. The Bertz CT molecular complexity index is 419. The number of hydrogen-bond donors (Lipinski definition) is 1. The van der Waals surface area contributed by atoms with Gasteiger partial charge in [-0.15, -0.1) is 5.10 Å². The summed E-state index contributed by atoms with van der Waals surface area (Å²) < 4.78 is 5.79. The van der Waals surface area contributed by atoms with Crippen LogP contribution in [0, 0.1) is 6.92 Å². The zero-order valence-corrected chi connectivity index (χ0v) is 8.88. The first-order chi connectivity index (χ1) is 6.81. The van der Waals surface area contributed by atoms with Crippen molar-refractivity contribution in [3.05, 3.63) is 23.7 Å². The number of nitrogens with zero attached hydrogens (tertiary/aromatic N) is 4. The van der Waals surface area contributed by atoms with E-state index in [0.717, 1.165) is 16.4 Å². The molecule has 0 aromatic carbocycles. The molecule has 1 N–H and O–H groups in total. The number of rotatable bonds is 3. The van der Waals surface area contributed by atoms with E-state index >= 15 is 0 Å². The minimum Gasteiger partial charge on any atom is -0.377 e. The fourth-order valence-electron chi connectivity index (χ4n) is 1.21. The lowest BCUT2D eigenvalue weighted by molar-refractivity contribution is 0.651. The lowest BCUT2D eigenvalue weighted by Crippen LogP contribution is -2.05. The third-order valence-electron chi connectivity index (χ3n) is 2.01. The van der Waals surface area contributed by atoms with Crippen molar-refractivity contribution in [1.29, 1.82) is 0 Å². The summed E-state index contributed by atoms with van der Waals surface area (Å²) in [5, 5.41) is 12.3. The van der Waals surface area contributed by atoms with Crippen LogP contribution in [-0.2, 0) is 6.54 Å². The molecule has 14 heavy (non-hydrogen) atoms. The van der Waals surface area contributed by atoms with Crippen molar-refractivity contribution in [3.8, 4) is 0 Å². The van der Waals surface area contributed by atoms with E-state index in [4.69, 9.17) is 0 Å². The highest BCUT2D eigenvalue weighted by atomic mass is 32.1. The summed E-state index contributed by atoms with van der Waals surface area (Å²) in [6, 6.07) is 1.97. The van der Waals surface area contributed by atoms with Gasteiger partial charge in [-0.1, -0.05) is 4.49 Å². The Kier molecular flexibility index (Phi) is 2.45. The van der Waals surface area contributed by atoms with E-state index in [9.17, 15) is 0 Å². The molecule has 2 rings (SSSR count). The largest absolute Gasteiger partial charge is 0.377 e. The van der Waals surface area contributed by atoms with Crippen molar-refractivity contribution >= 4 is 16.5 Å². The van der Waals surface area contributed by atoms with E-state index in [1.165, 1.54) is 11.5 Å². The molecule has 0 radical (unpaired) electrons. The predicted molar refractivity (Wildman–Crippen MR) is 55.5 cm³/mol. The van der Waals surface area contributed by atoms with Crippen molar-refractivity contribution in [2.75, 3.05) is 12.4 Å². The molecule has 0 aliphatic carbocycles. The van der Waals surface area contributed by atoms with Crippen LogP contribution in [0.1, 0.15) is 11.4 Å². The second-order valence-electron chi connectivity index (χ2n) is 2.93. The first kappa shape index (κ1) is 9.14. The Labute approximate surface area is 85.9 Å². The molecular weight excluding hydrogens is 198 g/mol. The molecule has 0 amide bonds. The summed E-state index contributed by atoms with van der Waals surface area (Å²) >= 11 is 1.36. The zero-order chi connectivity index (χ0) is 9.97. The second kappa shape index (κ2) is 3.75. The molecule has 0 fully saturated rings. The summed E-state index contributed by atoms with van der Waals surface area (Å²) in [5.41, 5.74) is 2.06. The van der Waals surface area contributed by atoms with Crippen LogP contribution in [0.5, 0.6) is 0 Å². The lowest BCUT2D eigenvalue weighted by Gasteiger charge is -2.02. The maximum Gasteiger partial charge on any atom is 0.135 e. The fraction of sp³-hybridized carbons (Fsp3) is 0.375. The highest BCUT2D eigenvalue weighted by Crippen LogP contribution is 2.17. The Balaban J connectivity index is 2.22. The van der Waals surface area contributed by atoms with Crippen LogP contribution in [0.25, 0.3) is 0 Å². The fourth-order valence-corrected chi connectivity index (χ4v) is 1.73. The van der Waals surface area contributed by atoms with Gasteiger partial charge < -0.3 is 5.32 Å². The number of aromatic nitrogens is 4. The highest BCUT2D eigenvalue weighted by Gasteiger charge is 2.07. The molecule has 5 nitrogen and oxygen atoms in total. The first-order valence-corrected chi connectivity index (χ1v) is 5.06. The maximum absolute atomic E-state index is 4.19. The minimum atomic E-state index is 0.672. The van der Waals surface area contributed by atoms with E-state index in [-0.39, 0.29) is 0 Å². The molecule has 0 spiro atoms. The standard InChI is InChI=1S/C8H11N5S/c1-6-3-4-10-13(6)5-7-8(9-2)14-12-11-7/h3-4,9H,5H2,1-2H3. The molecule has 2 aromatic heterocycles. The molecule has 0 saturated carbocycles. The van der Waals surface area contributed by atoms with Crippen LogP contribution in [-0.4, -0.2) is 26.4 Å². The summed E-state index contributed by atoms with van der Waals surface area (Å²) in [6.07, 6.45) is 1.79. The number of hydrogen-bond acceptors (Lipinski definition) is 5. The number of nitrogens with one attached hydrogen (secondary N) is 1. The zero-order valence-electron chi connectivity index (χ0n) is 8.06. The third kappa shape index (κ3) is 1.60. The number of aryl methyl sites for hydroxylation is 1. The minimum absolute atomic E-state index is 0.672. The van der Waals surface area contributed by atoms with Crippen LogP contribution in [0.4, 0.5) is 5.00 Å². The van der Waals surface area contributed by atoms with Gasteiger partial charge in [0.2, 0.25) is 0 Å².